The van der Waals surface area contributed by atoms with Gasteiger partial charge in [0.2, 0.25) is 11.8 Å². The highest BCUT2D eigenvalue weighted by atomic mass is 16.6. The maximum Gasteiger partial charge on any atom is 0.410 e. The Kier molecular flexibility index (Phi) is 5.55. The molecule has 3 heterocycles. The van der Waals surface area contributed by atoms with E-state index in [0.29, 0.717) is 43.7 Å². The van der Waals surface area contributed by atoms with Crippen LogP contribution in [0.4, 0.5) is 10.5 Å². The zero-order valence-electron chi connectivity index (χ0n) is 18.1. The van der Waals surface area contributed by atoms with E-state index in [0.717, 1.165) is 5.52 Å². The SMILES string of the molecule is CC(C)(C)OC(=O)N1CCC(N2CC(C(=O)Nc3ccc4n[nH]nc4c3)CC2=O)CC1. The molecule has 2 aliphatic rings. The van der Waals surface area contributed by atoms with Gasteiger partial charge in [-0.25, -0.2) is 4.79 Å². The average Bonchev–Trinajstić information content (AvgIpc) is 3.33. The lowest BCUT2D eigenvalue weighted by molar-refractivity contribution is -0.130. The Balaban J connectivity index is 1.31. The number of aromatic amines is 1. The van der Waals surface area contributed by atoms with Gasteiger partial charge in [0.15, 0.2) is 0 Å². The first-order chi connectivity index (χ1) is 14.7. The summed E-state index contributed by atoms with van der Waals surface area (Å²) in [5, 5.41) is 13.4. The maximum absolute atomic E-state index is 12.7. The number of carbonyl (C=O) groups is 3. The molecule has 1 atom stereocenters. The first kappa shape index (κ1) is 21.1. The molecule has 0 bridgehead atoms. The van der Waals surface area contributed by atoms with Crippen LogP contribution < -0.4 is 5.32 Å². The van der Waals surface area contributed by atoms with E-state index in [1.54, 1.807) is 28.0 Å². The van der Waals surface area contributed by atoms with Crippen molar-refractivity contribution in [2.24, 2.45) is 5.92 Å². The summed E-state index contributed by atoms with van der Waals surface area (Å²) < 4.78 is 5.43. The molecule has 0 saturated carbocycles. The van der Waals surface area contributed by atoms with Crippen LogP contribution in [-0.4, -0.2) is 74.4 Å². The molecule has 2 fully saturated rings. The predicted octanol–water partition coefficient (Wildman–Crippen LogP) is 2.14. The number of anilines is 1. The Morgan fingerprint density at radius 3 is 2.58 bits per heavy atom. The lowest BCUT2D eigenvalue weighted by atomic mass is 10.0. The van der Waals surface area contributed by atoms with Gasteiger partial charge in [-0.15, -0.1) is 0 Å². The first-order valence-corrected chi connectivity index (χ1v) is 10.6. The lowest BCUT2D eigenvalue weighted by Crippen LogP contribution is -2.48. The van der Waals surface area contributed by atoms with Crippen LogP contribution in [0.3, 0.4) is 0 Å². The number of carbonyl (C=O) groups excluding carboxylic acids is 3. The van der Waals surface area contributed by atoms with Gasteiger partial charge in [-0.1, -0.05) is 0 Å². The number of hydrogen-bond donors (Lipinski definition) is 2. The number of benzene rings is 1. The Labute approximate surface area is 180 Å². The number of rotatable bonds is 3. The molecule has 1 aromatic carbocycles. The van der Waals surface area contributed by atoms with Gasteiger partial charge in [-0.3, -0.25) is 9.59 Å². The number of H-pyrrole nitrogens is 1. The standard InChI is InChI=1S/C21H28N6O4/c1-21(2,3)31-20(30)26-8-6-15(7-9-26)27-12-13(10-18(27)28)19(29)22-14-4-5-16-17(11-14)24-25-23-16/h4-5,11,13,15H,6-10,12H2,1-3H3,(H,22,29)(H,23,24,25). The molecular formula is C21H28N6O4. The molecule has 3 amide bonds. The molecule has 1 aromatic heterocycles. The minimum atomic E-state index is -0.530. The van der Waals surface area contributed by atoms with E-state index in [-0.39, 0.29) is 30.4 Å². The highest BCUT2D eigenvalue weighted by Gasteiger charge is 2.39. The molecule has 2 N–H and O–H groups in total. The molecule has 31 heavy (non-hydrogen) atoms. The normalized spacial score (nSPS) is 20.4. The van der Waals surface area contributed by atoms with Crippen LogP contribution in [0.2, 0.25) is 0 Å². The minimum absolute atomic E-state index is 0.0113. The van der Waals surface area contributed by atoms with E-state index < -0.39 is 11.5 Å². The Morgan fingerprint density at radius 1 is 1.16 bits per heavy atom. The zero-order chi connectivity index (χ0) is 22.2. The second kappa shape index (κ2) is 8.16. The molecule has 2 saturated heterocycles. The van der Waals surface area contributed by atoms with Gasteiger partial charge in [0, 0.05) is 37.8 Å². The number of ether oxygens (including phenoxy) is 1. The summed E-state index contributed by atoms with van der Waals surface area (Å²) in [6.45, 7) is 7.00. The average molecular weight is 428 g/mol. The fourth-order valence-electron chi connectivity index (χ4n) is 4.11. The lowest BCUT2D eigenvalue weighted by Gasteiger charge is -2.37. The van der Waals surface area contributed by atoms with Gasteiger partial charge in [-0.2, -0.15) is 15.4 Å². The Bertz CT molecular complexity index is 989. The molecule has 2 aromatic rings. The molecule has 166 valence electrons. The van der Waals surface area contributed by atoms with E-state index >= 15 is 0 Å². The second-order valence-corrected chi connectivity index (χ2v) is 9.16. The van der Waals surface area contributed by atoms with Crippen molar-refractivity contribution in [3.8, 4) is 0 Å². The number of hydrogen-bond acceptors (Lipinski definition) is 6. The highest BCUT2D eigenvalue weighted by molar-refractivity contribution is 5.98. The summed E-state index contributed by atoms with van der Waals surface area (Å²) in [4.78, 5) is 41.1. The zero-order valence-corrected chi connectivity index (χ0v) is 18.1. The van der Waals surface area contributed by atoms with Crippen molar-refractivity contribution < 1.29 is 19.1 Å². The maximum atomic E-state index is 12.7. The van der Waals surface area contributed by atoms with Gasteiger partial charge in [-0.05, 0) is 51.8 Å². The quantitative estimate of drug-likeness (QED) is 0.773. The molecule has 10 heteroatoms. The van der Waals surface area contributed by atoms with Crippen molar-refractivity contribution in [3.63, 3.8) is 0 Å². The van der Waals surface area contributed by atoms with E-state index in [1.165, 1.54) is 0 Å². The first-order valence-electron chi connectivity index (χ1n) is 10.6. The fourth-order valence-corrected chi connectivity index (χ4v) is 4.11. The molecule has 1 unspecified atom stereocenters. The second-order valence-electron chi connectivity index (χ2n) is 9.16. The van der Waals surface area contributed by atoms with Crippen LogP contribution in [-0.2, 0) is 14.3 Å². The number of aromatic nitrogens is 3. The number of fused-ring (bicyclic) bond motifs is 1. The van der Waals surface area contributed by atoms with Crippen molar-refractivity contribution in [1.29, 1.82) is 0 Å². The minimum Gasteiger partial charge on any atom is -0.444 e. The van der Waals surface area contributed by atoms with E-state index in [4.69, 9.17) is 4.74 Å². The van der Waals surface area contributed by atoms with Gasteiger partial charge >= 0.3 is 6.09 Å². The van der Waals surface area contributed by atoms with Crippen LogP contribution in [0.15, 0.2) is 18.2 Å². The predicted molar refractivity (Wildman–Crippen MR) is 113 cm³/mol. The molecule has 2 aliphatic heterocycles. The monoisotopic (exact) mass is 428 g/mol. The van der Waals surface area contributed by atoms with Gasteiger partial charge in [0.05, 0.1) is 5.92 Å². The van der Waals surface area contributed by atoms with Crippen LogP contribution in [0.1, 0.15) is 40.0 Å². The van der Waals surface area contributed by atoms with Crippen molar-refractivity contribution in [3.05, 3.63) is 18.2 Å². The van der Waals surface area contributed by atoms with Crippen LogP contribution in [0, 0.1) is 5.92 Å². The van der Waals surface area contributed by atoms with Gasteiger partial charge in [0.1, 0.15) is 16.6 Å². The van der Waals surface area contributed by atoms with Crippen molar-refractivity contribution >= 4 is 34.6 Å². The molecule has 4 rings (SSSR count). The number of nitrogens with zero attached hydrogens (tertiary/aromatic N) is 4. The Hall–Kier alpha value is -3.17. The Morgan fingerprint density at radius 2 is 1.87 bits per heavy atom. The van der Waals surface area contributed by atoms with Gasteiger partial charge in [0.25, 0.3) is 0 Å². The fraction of sp³-hybridized carbons (Fsp3) is 0.571. The molecule has 0 radical (unpaired) electrons. The topological polar surface area (TPSA) is 121 Å². The number of likely N-dealkylation sites (tertiary alicyclic amines) is 2. The van der Waals surface area contributed by atoms with Crippen LogP contribution >= 0.6 is 0 Å². The third-order valence-electron chi connectivity index (χ3n) is 5.67. The van der Waals surface area contributed by atoms with E-state index in [2.05, 4.69) is 20.7 Å². The summed E-state index contributed by atoms with van der Waals surface area (Å²) in [5.41, 5.74) is 1.48. The number of nitrogens with one attached hydrogen (secondary N) is 2. The summed E-state index contributed by atoms with van der Waals surface area (Å²) in [5.74, 6) is -0.586. The van der Waals surface area contributed by atoms with Crippen LogP contribution in [0.25, 0.3) is 11.0 Å². The molecule has 0 spiro atoms. The van der Waals surface area contributed by atoms with Gasteiger partial charge < -0.3 is 19.9 Å². The van der Waals surface area contributed by atoms with Crippen LogP contribution in [0.5, 0.6) is 0 Å². The third-order valence-corrected chi connectivity index (χ3v) is 5.67. The third kappa shape index (κ3) is 4.78. The summed E-state index contributed by atoms with van der Waals surface area (Å²) in [6.07, 6.45) is 1.24. The van der Waals surface area contributed by atoms with Crippen molar-refractivity contribution in [2.75, 3.05) is 25.0 Å². The summed E-state index contributed by atoms with van der Waals surface area (Å²) in [7, 11) is 0. The smallest absolute Gasteiger partial charge is 0.410 e. The molecular weight excluding hydrogens is 400 g/mol. The summed E-state index contributed by atoms with van der Waals surface area (Å²) >= 11 is 0. The summed E-state index contributed by atoms with van der Waals surface area (Å²) in [6, 6.07) is 5.33. The highest BCUT2D eigenvalue weighted by Crippen LogP contribution is 2.27. The number of piperidine rings is 1. The van der Waals surface area contributed by atoms with Crippen molar-refractivity contribution in [2.45, 2.75) is 51.7 Å². The van der Waals surface area contributed by atoms with Crippen molar-refractivity contribution in [1.82, 2.24) is 25.2 Å². The molecule has 0 aliphatic carbocycles. The van der Waals surface area contributed by atoms with E-state index in [9.17, 15) is 14.4 Å². The molecule has 10 nitrogen and oxygen atoms in total. The number of amides is 3. The largest absolute Gasteiger partial charge is 0.444 e. The van der Waals surface area contributed by atoms with E-state index in [1.807, 2.05) is 20.8 Å².